The van der Waals surface area contributed by atoms with Crippen molar-refractivity contribution in [1.82, 2.24) is 0 Å². The lowest BCUT2D eigenvalue weighted by atomic mass is 10.2. The standard InChI is InChI=1S/C17H16N2O7/c1-10-7-11(19(23)24)3-5-14(10)18-16(21)9-26-17(22)13-8-12(25-2)4-6-15(13)20/h3-8,20H,9H2,1-2H3,(H,18,21). The molecule has 2 rings (SSSR count). The Labute approximate surface area is 148 Å². The molecule has 26 heavy (non-hydrogen) atoms. The summed E-state index contributed by atoms with van der Waals surface area (Å²) in [6, 6.07) is 7.99. The number of nitrogens with one attached hydrogen (secondary N) is 1. The number of nitro groups is 1. The molecule has 0 atom stereocenters. The first-order valence-electron chi connectivity index (χ1n) is 7.41. The fourth-order valence-corrected chi connectivity index (χ4v) is 2.10. The van der Waals surface area contributed by atoms with Crippen molar-refractivity contribution in [3.05, 3.63) is 57.6 Å². The molecule has 2 aromatic rings. The molecule has 9 nitrogen and oxygen atoms in total. The predicted molar refractivity (Wildman–Crippen MR) is 91.4 cm³/mol. The summed E-state index contributed by atoms with van der Waals surface area (Å²) in [6.07, 6.45) is 0. The maximum atomic E-state index is 12.0. The molecule has 0 saturated heterocycles. The number of aromatic hydroxyl groups is 1. The van der Waals surface area contributed by atoms with Crippen LogP contribution in [0.5, 0.6) is 11.5 Å². The third kappa shape index (κ3) is 4.47. The Balaban J connectivity index is 1.99. The number of hydrogen-bond donors (Lipinski definition) is 2. The Morgan fingerprint density at radius 3 is 2.58 bits per heavy atom. The maximum absolute atomic E-state index is 12.0. The van der Waals surface area contributed by atoms with Gasteiger partial charge in [-0.25, -0.2) is 4.79 Å². The normalized spacial score (nSPS) is 10.1. The molecule has 0 aliphatic carbocycles. The van der Waals surface area contributed by atoms with Gasteiger partial charge in [0.25, 0.3) is 11.6 Å². The number of methoxy groups -OCH3 is 1. The molecule has 0 aromatic heterocycles. The highest BCUT2D eigenvalue weighted by atomic mass is 16.6. The molecule has 0 aliphatic heterocycles. The van der Waals surface area contributed by atoms with Gasteiger partial charge in [0.15, 0.2) is 6.61 Å². The van der Waals surface area contributed by atoms with E-state index in [2.05, 4.69) is 5.32 Å². The van der Waals surface area contributed by atoms with Gasteiger partial charge in [0.05, 0.1) is 12.0 Å². The van der Waals surface area contributed by atoms with Crippen LogP contribution in [0.15, 0.2) is 36.4 Å². The van der Waals surface area contributed by atoms with Crippen molar-refractivity contribution in [3.8, 4) is 11.5 Å². The van der Waals surface area contributed by atoms with Crippen molar-refractivity contribution in [2.24, 2.45) is 0 Å². The fourth-order valence-electron chi connectivity index (χ4n) is 2.10. The van der Waals surface area contributed by atoms with Gasteiger partial charge >= 0.3 is 5.97 Å². The number of carbonyl (C=O) groups is 2. The highest BCUT2D eigenvalue weighted by Crippen LogP contribution is 2.24. The van der Waals surface area contributed by atoms with Crippen LogP contribution in [0.25, 0.3) is 0 Å². The van der Waals surface area contributed by atoms with Crippen molar-refractivity contribution >= 4 is 23.3 Å². The van der Waals surface area contributed by atoms with E-state index in [9.17, 15) is 24.8 Å². The Morgan fingerprint density at radius 1 is 1.23 bits per heavy atom. The Bertz CT molecular complexity index is 864. The number of nitro benzene ring substituents is 1. The molecule has 0 bridgehead atoms. The molecule has 0 spiro atoms. The van der Waals surface area contributed by atoms with E-state index >= 15 is 0 Å². The van der Waals surface area contributed by atoms with E-state index in [1.807, 2.05) is 0 Å². The molecule has 0 aliphatic rings. The van der Waals surface area contributed by atoms with E-state index in [1.54, 1.807) is 6.92 Å². The van der Waals surface area contributed by atoms with Crippen LogP contribution in [0.2, 0.25) is 0 Å². The largest absolute Gasteiger partial charge is 0.507 e. The number of carbonyl (C=O) groups excluding carboxylic acids is 2. The van der Waals surface area contributed by atoms with Crippen molar-refractivity contribution < 1.29 is 29.1 Å². The van der Waals surface area contributed by atoms with Crippen LogP contribution in [-0.2, 0) is 9.53 Å². The molecule has 2 N–H and O–H groups in total. The number of phenols is 1. The topological polar surface area (TPSA) is 128 Å². The minimum absolute atomic E-state index is 0.0968. The van der Waals surface area contributed by atoms with Gasteiger partial charge in [-0.15, -0.1) is 0 Å². The lowest BCUT2D eigenvalue weighted by molar-refractivity contribution is -0.384. The van der Waals surface area contributed by atoms with Gasteiger partial charge in [-0.1, -0.05) is 0 Å². The summed E-state index contributed by atoms with van der Waals surface area (Å²) in [4.78, 5) is 34.1. The third-order valence-electron chi connectivity index (χ3n) is 3.45. The van der Waals surface area contributed by atoms with E-state index in [1.165, 1.54) is 43.5 Å². The number of benzene rings is 2. The zero-order valence-corrected chi connectivity index (χ0v) is 14.0. The van der Waals surface area contributed by atoms with Gasteiger partial charge in [-0.3, -0.25) is 14.9 Å². The third-order valence-corrected chi connectivity index (χ3v) is 3.45. The number of rotatable bonds is 6. The van der Waals surface area contributed by atoms with Crippen molar-refractivity contribution in [1.29, 1.82) is 0 Å². The summed E-state index contributed by atoms with van der Waals surface area (Å²) < 4.78 is 9.83. The van der Waals surface area contributed by atoms with Crippen molar-refractivity contribution in [3.63, 3.8) is 0 Å². The number of anilines is 1. The zero-order valence-electron chi connectivity index (χ0n) is 14.0. The summed E-state index contributed by atoms with van der Waals surface area (Å²) in [5.74, 6) is -1.47. The number of hydrogen-bond acceptors (Lipinski definition) is 7. The molecule has 2 aromatic carbocycles. The van der Waals surface area contributed by atoms with Gasteiger partial charge < -0.3 is 19.9 Å². The molecule has 1 amide bonds. The Hall–Kier alpha value is -3.62. The molecule has 0 heterocycles. The summed E-state index contributed by atoms with van der Waals surface area (Å²) >= 11 is 0. The van der Waals surface area contributed by atoms with Crippen LogP contribution in [0.4, 0.5) is 11.4 Å². The Kier molecular flexibility index (Phi) is 5.74. The highest BCUT2D eigenvalue weighted by molar-refractivity contribution is 5.97. The fraction of sp³-hybridized carbons (Fsp3) is 0.176. The number of ether oxygens (including phenoxy) is 2. The first-order chi connectivity index (χ1) is 12.3. The minimum Gasteiger partial charge on any atom is -0.507 e. The van der Waals surface area contributed by atoms with Crippen LogP contribution < -0.4 is 10.1 Å². The smallest absolute Gasteiger partial charge is 0.342 e. The second-order valence-corrected chi connectivity index (χ2v) is 5.26. The summed E-state index contributed by atoms with van der Waals surface area (Å²) in [7, 11) is 1.40. The molecule has 0 saturated carbocycles. The molecular formula is C17H16N2O7. The molecule has 0 fully saturated rings. The van der Waals surface area contributed by atoms with E-state index in [0.717, 1.165) is 0 Å². The number of esters is 1. The molecule has 136 valence electrons. The van der Waals surface area contributed by atoms with Gasteiger partial charge in [-0.2, -0.15) is 0 Å². The molecule has 9 heteroatoms. The average molecular weight is 360 g/mol. The number of nitrogens with zero attached hydrogens (tertiary/aromatic N) is 1. The molecule has 0 unspecified atom stereocenters. The van der Waals surface area contributed by atoms with Crippen molar-refractivity contribution in [2.75, 3.05) is 19.0 Å². The Morgan fingerprint density at radius 2 is 1.96 bits per heavy atom. The van der Waals surface area contributed by atoms with Gasteiger partial charge in [0.1, 0.15) is 17.1 Å². The first kappa shape index (κ1) is 18.7. The second-order valence-electron chi connectivity index (χ2n) is 5.26. The van der Waals surface area contributed by atoms with E-state index in [0.29, 0.717) is 17.0 Å². The quantitative estimate of drug-likeness (QED) is 0.460. The van der Waals surface area contributed by atoms with Crippen LogP contribution in [0, 0.1) is 17.0 Å². The van der Waals surface area contributed by atoms with Crippen LogP contribution in [0.1, 0.15) is 15.9 Å². The average Bonchev–Trinajstić information content (AvgIpc) is 2.61. The van der Waals surface area contributed by atoms with Crippen LogP contribution in [-0.4, -0.2) is 35.6 Å². The van der Waals surface area contributed by atoms with Crippen LogP contribution >= 0.6 is 0 Å². The minimum atomic E-state index is -0.892. The highest BCUT2D eigenvalue weighted by Gasteiger charge is 2.16. The number of amides is 1. The molecular weight excluding hydrogens is 344 g/mol. The lowest BCUT2D eigenvalue weighted by Gasteiger charge is -2.10. The van der Waals surface area contributed by atoms with Crippen molar-refractivity contribution in [2.45, 2.75) is 6.92 Å². The first-order valence-corrected chi connectivity index (χ1v) is 7.41. The van der Waals surface area contributed by atoms with Crippen LogP contribution in [0.3, 0.4) is 0 Å². The monoisotopic (exact) mass is 360 g/mol. The summed E-state index contributed by atoms with van der Waals surface area (Å²) in [5.41, 5.74) is 0.620. The van der Waals surface area contributed by atoms with E-state index in [-0.39, 0.29) is 17.0 Å². The number of phenolic OH excluding ortho intramolecular Hbond substituents is 1. The summed E-state index contributed by atoms with van der Waals surface area (Å²) in [6.45, 7) is 1.01. The second kappa shape index (κ2) is 7.97. The van der Waals surface area contributed by atoms with E-state index < -0.39 is 23.4 Å². The zero-order chi connectivity index (χ0) is 19.3. The lowest BCUT2D eigenvalue weighted by Crippen LogP contribution is -2.21. The number of non-ortho nitro benzene ring substituents is 1. The molecule has 0 radical (unpaired) electrons. The summed E-state index contributed by atoms with van der Waals surface area (Å²) in [5, 5.41) is 22.9. The maximum Gasteiger partial charge on any atom is 0.342 e. The predicted octanol–water partition coefficient (Wildman–Crippen LogP) is 2.41. The van der Waals surface area contributed by atoms with Gasteiger partial charge in [0.2, 0.25) is 0 Å². The van der Waals surface area contributed by atoms with Gasteiger partial charge in [0, 0.05) is 17.8 Å². The number of aryl methyl sites for hydroxylation is 1. The van der Waals surface area contributed by atoms with Gasteiger partial charge in [-0.05, 0) is 36.8 Å². The van der Waals surface area contributed by atoms with E-state index in [4.69, 9.17) is 9.47 Å². The SMILES string of the molecule is COc1ccc(O)c(C(=O)OCC(=O)Nc2ccc([N+](=O)[O-])cc2C)c1.